The number of hydrogen-bond donors (Lipinski definition) is 3. The Morgan fingerprint density at radius 1 is 0.875 bits per heavy atom. The molecule has 0 bridgehead atoms. The van der Waals surface area contributed by atoms with Gasteiger partial charge in [0, 0.05) is 12.8 Å². The summed E-state index contributed by atoms with van der Waals surface area (Å²) in [5.74, 6) is -3.21. The molecule has 2 rings (SSSR count). The van der Waals surface area contributed by atoms with Crippen molar-refractivity contribution in [3.05, 3.63) is 97.1 Å². The van der Waals surface area contributed by atoms with Crippen molar-refractivity contribution in [2.24, 2.45) is 5.92 Å². The van der Waals surface area contributed by atoms with E-state index in [-0.39, 0.29) is 32.5 Å². The topological polar surface area (TPSA) is 131 Å². The second-order valence-corrected chi connectivity index (χ2v) is 9.23. The lowest BCUT2D eigenvalue weighted by atomic mass is 9.98. The molecule has 0 heterocycles. The monoisotopic (exact) mass is 550 g/mol. The van der Waals surface area contributed by atoms with Crippen molar-refractivity contribution in [1.29, 1.82) is 0 Å². The SMILES string of the molecule is C=CCCC(=O)OCC(NC(=O)C(CC=C)CC(=O)NC(CO)Cc1ccccc1)C(=O)OCc1ccccc1. The number of carbonyl (C=O) groups is 4. The van der Waals surface area contributed by atoms with E-state index in [1.807, 2.05) is 36.4 Å². The van der Waals surface area contributed by atoms with Gasteiger partial charge in [0.1, 0.15) is 13.2 Å². The second kappa shape index (κ2) is 18.1. The fraction of sp³-hybridized carbons (Fsp3) is 0.355. The van der Waals surface area contributed by atoms with Crippen molar-refractivity contribution >= 4 is 23.8 Å². The Bertz CT molecular complexity index is 1110. The molecule has 0 aromatic heterocycles. The maximum Gasteiger partial charge on any atom is 0.332 e. The van der Waals surface area contributed by atoms with Gasteiger partial charge in [-0.25, -0.2) is 4.79 Å². The zero-order chi connectivity index (χ0) is 29.2. The molecule has 9 heteroatoms. The Morgan fingerprint density at radius 2 is 1.52 bits per heavy atom. The predicted molar refractivity (Wildman–Crippen MR) is 151 cm³/mol. The van der Waals surface area contributed by atoms with E-state index in [0.29, 0.717) is 12.8 Å². The molecule has 40 heavy (non-hydrogen) atoms. The standard InChI is InChI=1S/C31H38N2O7/c1-3-5-17-29(36)39-22-27(31(38)40-21-24-15-10-7-11-16-24)33-30(37)25(12-4-2)19-28(35)32-26(20-34)18-23-13-8-6-9-14-23/h3-4,6-11,13-16,25-27,34H,1-2,5,12,17-22H2,(H,32,35)(H,33,37). The van der Waals surface area contributed by atoms with E-state index < -0.39 is 48.4 Å². The molecule has 0 spiro atoms. The highest BCUT2D eigenvalue weighted by molar-refractivity contribution is 5.89. The smallest absolute Gasteiger partial charge is 0.332 e. The van der Waals surface area contributed by atoms with E-state index in [9.17, 15) is 24.3 Å². The summed E-state index contributed by atoms with van der Waals surface area (Å²) in [5.41, 5.74) is 1.70. The van der Waals surface area contributed by atoms with E-state index in [2.05, 4.69) is 23.8 Å². The van der Waals surface area contributed by atoms with Crippen molar-refractivity contribution in [2.45, 2.75) is 50.8 Å². The number of esters is 2. The van der Waals surface area contributed by atoms with Crippen LogP contribution in [0.15, 0.2) is 86.0 Å². The minimum absolute atomic E-state index is 0.0289. The van der Waals surface area contributed by atoms with Gasteiger partial charge < -0.3 is 25.2 Å². The first-order valence-corrected chi connectivity index (χ1v) is 13.2. The molecule has 3 N–H and O–H groups in total. The third kappa shape index (κ3) is 12.1. The van der Waals surface area contributed by atoms with Crippen LogP contribution in [0.4, 0.5) is 0 Å². The summed E-state index contributed by atoms with van der Waals surface area (Å²) in [6.07, 6.45) is 3.94. The van der Waals surface area contributed by atoms with Crippen LogP contribution in [0.5, 0.6) is 0 Å². The summed E-state index contributed by atoms with van der Waals surface area (Å²) in [6, 6.07) is 16.6. The van der Waals surface area contributed by atoms with E-state index in [1.165, 1.54) is 6.08 Å². The largest absolute Gasteiger partial charge is 0.463 e. The molecule has 2 amide bonds. The number of aliphatic hydroxyl groups excluding tert-OH is 1. The van der Waals surface area contributed by atoms with Crippen LogP contribution in [-0.2, 0) is 41.7 Å². The molecular weight excluding hydrogens is 512 g/mol. The Labute approximate surface area is 235 Å². The van der Waals surface area contributed by atoms with Crippen LogP contribution in [-0.4, -0.2) is 54.2 Å². The third-order valence-electron chi connectivity index (χ3n) is 5.95. The molecule has 0 aliphatic rings. The van der Waals surface area contributed by atoms with Gasteiger partial charge in [-0.05, 0) is 30.4 Å². The first-order valence-electron chi connectivity index (χ1n) is 13.2. The minimum atomic E-state index is -1.28. The van der Waals surface area contributed by atoms with Crippen LogP contribution in [0.3, 0.4) is 0 Å². The van der Waals surface area contributed by atoms with Crippen LogP contribution >= 0.6 is 0 Å². The van der Waals surface area contributed by atoms with Gasteiger partial charge in [0.25, 0.3) is 0 Å². The zero-order valence-electron chi connectivity index (χ0n) is 22.6. The van der Waals surface area contributed by atoms with Crippen LogP contribution in [0.1, 0.15) is 36.8 Å². The molecular formula is C31H38N2O7. The number of ether oxygens (including phenoxy) is 2. The summed E-state index contributed by atoms with van der Waals surface area (Å²) in [6.45, 7) is 6.50. The zero-order valence-corrected chi connectivity index (χ0v) is 22.6. The van der Waals surface area contributed by atoms with Crippen LogP contribution in [0.25, 0.3) is 0 Å². The van der Waals surface area contributed by atoms with E-state index >= 15 is 0 Å². The third-order valence-corrected chi connectivity index (χ3v) is 5.95. The molecule has 2 aromatic carbocycles. The number of rotatable bonds is 18. The second-order valence-electron chi connectivity index (χ2n) is 9.23. The maximum atomic E-state index is 13.2. The molecule has 0 aliphatic heterocycles. The minimum Gasteiger partial charge on any atom is -0.463 e. The molecule has 3 unspecified atom stereocenters. The quantitative estimate of drug-likeness (QED) is 0.192. The molecule has 0 radical (unpaired) electrons. The fourth-order valence-corrected chi connectivity index (χ4v) is 3.81. The molecule has 214 valence electrons. The van der Waals surface area contributed by atoms with E-state index in [4.69, 9.17) is 9.47 Å². The highest BCUT2D eigenvalue weighted by atomic mass is 16.6. The van der Waals surface area contributed by atoms with Gasteiger partial charge >= 0.3 is 11.9 Å². The number of benzene rings is 2. The van der Waals surface area contributed by atoms with Gasteiger partial charge in [0.05, 0.1) is 18.6 Å². The van der Waals surface area contributed by atoms with Gasteiger partial charge in [0.2, 0.25) is 11.8 Å². The summed E-state index contributed by atoms with van der Waals surface area (Å²) < 4.78 is 10.6. The number of amides is 2. The number of aliphatic hydroxyl groups is 1. The molecule has 3 atom stereocenters. The van der Waals surface area contributed by atoms with E-state index in [1.54, 1.807) is 30.3 Å². The van der Waals surface area contributed by atoms with Crippen molar-refractivity contribution in [2.75, 3.05) is 13.2 Å². The molecule has 0 aliphatic carbocycles. The number of allylic oxidation sites excluding steroid dienone is 2. The van der Waals surface area contributed by atoms with Crippen molar-refractivity contribution in [3.8, 4) is 0 Å². The molecule has 0 fully saturated rings. The Hall–Kier alpha value is -4.24. The highest BCUT2D eigenvalue weighted by Crippen LogP contribution is 2.12. The average molecular weight is 551 g/mol. The molecule has 0 saturated heterocycles. The molecule has 2 aromatic rings. The Kier molecular flexibility index (Phi) is 14.5. The van der Waals surface area contributed by atoms with Crippen LogP contribution in [0, 0.1) is 5.92 Å². The lowest BCUT2D eigenvalue weighted by Gasteiger charge is -2.22. The van der Waals surface area contributed by atoms with Gasteiger partial charge in [0.15, 0.2) is 6.04 Å². The summed E-state index contributed by atoms with van der Waals surface area (Å²) in [7, 11) is 0. The normalized spacial score (nSPS) is 12.7. The molecule has 0 saturated carbocycles. The first kappa shape index (κ1) is 32.0. The lowest BCUT2D eigenvalue weighted by Crippen LogP contribution is -2.48. The number of hydrogen-bond acceptors (Lipinski definition) is 7. The van der Waals surface area contributed by atoms with Crippen LogP contribution in [0.2, 0.25) is 0 Å². The summed E-state index contributed by atoms with van der Waals surface area (Å²) >= 11 is 0. The maximum absolute atomic E-state index is 13.2. The molecule has 9 nitrogen and oxygen atoms in total. The fourth-order valence-electron chi connectivity index (χ4n) is 3.81. The van der Waals surface area contributed by atoms with E-state index in [0.717, 1.165) is 11.1 Å². The average Bonchev–Trinajstić information content (AvgIpc) is 2.97. The first-order chi connectivity index (χ1) is 19.4. The van der Waals surface area contributed by atoms with Gasteiger partial charge in [-0.15, -0.1) is 13.2 Å². The van der Waals surface area contributed by atoms with Gasteiger partial charge in [-0.1, -0.05) is 72.8 Å². The van der Waals surface area contributed by atoms with Crippen molar-refractivity contribution in [3.63, 3.8) is 0 Å². The lowest BCUT2D eigenvalue weighted by molar-refractivity contribution is -0.155. The van der Waals surface area contributed by atoms with Gasteiger partial charge in [-0.2, -0.15) is 0 Å². The number of carbonyl (C=O) groups excluding carboxylic acids is 4. The Morgan fingerprint density at radius 3 is 2.12 bits per heavy atom. The number of nitrogens with one attached hydrogen (secondary N) is 2. The predicted octanol–water partition coefficient (Wildman–Crippen LogP) is 3.03. The highest BCUT2D eigenvalue weighted by Gasteiger charge is 2.29. The van der Waals surface area contributed by atoms with Gasteiger partial charge in [-0.3, -0.25) is 14.4 Å². The van der Waals surface area contributed by atoms with Crippen LogP contribution < -0.4 is 10.6 Å². The Balaban J connectivity index is 2.04. The summed E-state index contributed by atoms with van der Waals surface area (Å²) in [5, 5.41) is 15.1. The van der Waals surface area contributed by atoms with Crippen molar-refractivity contribution < 1.29 is 33.8 Å². The van der Waals surface area contributed by atoms with Crippen molar-refractivity contribution in [1.82, 2.24) is 10.6 Å². The summed E-state index contributed by atoms with van der Waals surface area (Å²) in [4.78, 5) is 50.8.